The normalized spacial score (nSPS) is 13.2. The maximum atomic E-state index is 12.6. The van der Waals surface area contributed by atoms with E-state index in [0.29, 0.717) is 36.0 Å². The first-order valence-electron chi connectivity index (χ1n) is 10.3. The molecule has 3 N–H and O–H groups in total. The molecule has 178 valence electrons. The number of sulfonamides is 1. The van der Waals surface area contributed by atoms with Crippen LogP contribution in [-0.2, 0) is 14.8 Å². The molecule has 0 radical (unpaired) electrons. The number of carbonyl (C=O) groups is 2. The summed E-state index contributed by atoms with van der Waals surface area (Å²) in [5, 5.41) is 5.16. The van der Waals surface area contributed by atoms with E-state index in [1.165, 1.54) is 18.2 Å². The number of anilines is 1. The summed E-state index contributed by atoms with van der Waals surface area (Å²) in [6.07, 6.45) is -0.634. The van der Waals surface area contributed by atoms with Crippen molar-refractivity contribution in [1.29, 1.82) is 0 Å². The lowest BCUT2D eigenvalue weighted by atomic mass is 10.1. The molecule has 1 aliphatic rings. The molecule has 2 amide bonds. The van der Waals surface area contributed by atoms with Gasteiger partial charge in [0.1, 0.15) is 18.8 Å². The van der Waals surface area contributed by atoms with Gasteiger partial charge in [-0.25, -0.2) is 17.9 Å². The van der Waals surface area contributed by atoms with E-state index in [1.54, 1.807) is 45.0 Å². The minimum Gasteiger partial charge on any atom is -0.486 e. The number of hydrogen-bond donors (Lipinski definition) is 3. The van der Waals surface area contributed by atoms with E-state index in [9.17, 15) is 18.0 Å². The van der Waals surface area contributed by atoms with Gasteiger partial charge in [-0.1, -0.05) is 6.07 Å². The average molecular weight is 478 g/mol. The molecule has 0 atom stereocenters. The summed E-state index contributed by atoms with van der Waals surface area (Å²) in [6.45, 7) is 6.06. The Morgan fingerprint density at radius 1 is 1.00 bits per heavy atom. The lowest BCUT2D eigenvalue weighted by molar-refractivity contribution is 0.0528. The van der Waals surface area contributed by atoms with E-state index in [-0.39, 0.29) is 18.0 Å². The van der Waals surface area contributed by atoms with E-state index >= 15 is 0 Å². The van der Waals surface area contributed by atoms with Gasteiger partial charge in [-0.05, 0) is 57.2 Å². The van der Waals surface area contributed by atoms with E-state index in [2.05, 4.69) is 15.4 Å². The van der Waals surface area contributed by atoms with Gasteiger partial charge >= 0.3 is 6.09 Å². The van der Waals surface area contributed by atoms with Crippen LogP contribution in [0.15, 0.2) is 47.4 Å². The van der Waals surface area contributed by atoms with Crippen LogP contribution in [0.1, 0.15) is 31.1 Å². The molecule has 1 aliphatic heterocycles. The standard InChI is InChI=1S/C22H27N3O7S/c1-22(2,3)32-21(27)23-9-10-24-33(28,29)17-6-4-5-16(14-17)25-20(26)15-7-8-18-19(13-15)31-12-11-30-18/h4-8,13-14,24H,9-12H2,1-3H3,(H,23,27)(H,25,26). The third-order valence-corrected chi connectivity index (χ3v) is 5.75. The number of alkyl carbamates (subject to hydrolysis) is 1. The van der Waals surface area contributed by atoms with Crippen molar-refractivity contribution < 1.29 is 32.2 Å². The Kier molecular flexibility index (Phi) is 7.44. The van der Waals surface area contributed by atoms with Crippen LogP contribution in [0.25, 0.3) is 0 Å². The van der Waals surface area contributed by atoms with Gasteiger partial charge in [-0.15, -0.1) is 0 Å². The van der Waals surface area contributed by atoms with E-state index in [4.69, 9.17) is 14.2 Å². The summed E-state index contributed by atoms with van der Waals surface area (Å²) in [7, 11) is -3.86. The number of amides is 2. The average Bonchev–Trinajstić information content (AvgIpc) is 2.75. The first-order valence-corrected chi connectivity index (χ1v) is 11.8. The molecule has 0 unspecified atom stereocenters. The third kappa shape index (κ3) is 7.09. The first-order chi connectivity index (χ1) is 15.5. The van der Waals surface area contributed by atoms with Gasteiger partial charge in [0.25, 0.3) is 5.91 Å². The Morgan fingerprint density at radius 2 is 1.73 bits per heavy atom. The van der Waals surface area contributed by atoms with Crippen LogP contribution in [0.5, 0.6) is 11.5 Å². The van der Waals surface area contributed by atoms with Crippen LogP contribution in [0.3, 0.4) is 0 Å². The molecule has 2 aromatic rings. The van der Waals surface area contributed by atoms with Gasteiger partial charge in [0.15, 0.2) is 11.5 Å². The van der Waals surface area contributed by atoms with Gasteiger partial charge in [0.05, 0.1) is 4.90 Å². The molecule has 33 heavy (non-hydrogen) atoms. The van der Waals surface area contributed by atoms with Crippen molar-refractivity contribution in [2.75, 3.05) is 31.6 Å². The zero-order valence-electron chi connectivity index (χ0n) is 18.6. The second kappa shape index (κ2) is 10.1. The van der Waals surface area contributed by atoms with Crippen LogP contribution >= 0.6 is 0 Å². The number of benzene rings is 2. The van der Waals surface area contributed by atoms with E-state index in [0.717, 1.165) is 0 Å². The molecule has 0 saturated carbocycles. The molecule has 0 aliphatic carbocycles. The molecule has 0 aromatic heterocycles. The van der Waals surface area contributed by atoms with E-state index < -0.39 is 27.6 Å². The number of rotatable bonds is 7. The fourth-order valence-corrected chi connectivity index (χ4v) is 3.95. The number of ether oxygens (including phenoxy) is 3. The fraction of sp³-hybridized carbons (Fsp3) is 0.364. The van der Waals surface area contributed by atoms with Crippen molar-refractivity contribution in [3.05, 3.63) is 48.0 Å². The maximum absolute atomic E-state index is 12.6. The molecule has 0 bridgehead atoms. The highest BCUT2D eigenvalue weighted by atomic mass is 32.2. The molecule has 2 aromatic carbocycles. The number of hydrogen-bond acceptors (Lipinski definition) is 7. The second-order valence-corrected chi connectivity index (χ2v) is 9.93. The third-order valence-electron chi connectivity index (χ3n) is 4.29. The van der Waals surface area contributed by atoms with Crippen molar-refractivity contribution in [2.45, 2.75) is 31.3 Å². The SMILES string of the molecule is CC(C)(C)OC(=O)NCCNS(=O)(=O)c1cccc(NC(=O)c2ccc3c(c2)OCCO3)c1. The quantitative estimate of drug-likeness (QED) is 0.522. The van der Waals surface area contributed by atoms with E-state index in [1.807, 2.05) is 0 Å². The Balaban J connectivity index is 1.58. The van der Waals surface area contributed by atoms with Crippen molar-refractivity contribution in [1.82, 2.24) is 10.0 Å². The zero-order chi connectivity index (χ0) is 24.1. The van der Waals surface area contributed by atoms with Crippen LogP contribution in [0.2, 0.25) is 0 Å². The molecule has 0 spiro atoms. The summed E-state index contributed by atoms with van der Waals surface area (Å²) in [6, 6.07) is 10.7. The first kappa shape index (κ1) is 24.3. The van der Waals surface area contributed by atoms with Gasteiger partial charge < -0.3 is 24.8 Å². The minimum absolute atomic E-state index is 0.0280. The van der Waals surface area contributed by atoms with Crippen molar-refractivity contribution in [2.24, 2.45) is 0 Å². The minimum atomic E-state index is -3.86. The second-order valence-electron chi connectivity index (χ2n) is 8.17. The summed E-state index contributed by atoms with van der Waals surface area (Å²) in [5.74, 6) is 0.628. The number of fused-ring (bicyclic) bond motifs is 1. The summed E-state index contributed by atoms with van der Waals surface area (Å²) in [4.78, 5) is 24.2. The van der Waals surface area contributed by atoms with Crippen LogP contribution in [0, 0.1) is 0 Å². The summed E-state index contributed by atoms with van der Waals surface area (Å²) in [5.41, 5.74) is 0.0115. The zero-order valence-corrected chi connectivity index (χ0v) is 19.5. The van der Waals surface area contributed by atoms with Crippen LogP contribution in [-0.4, -0.2) is 52.3 Å². The number of nitrogens with one attached hydrogen (secondary N) is 3. The lowest BCUT2D eigenvalue weighted by Crippen LogP contribution is -2.37. The largest absolute Gasteiger partial charge is 0.486 e. The molecule has 10 nitrogen and oxygen atoms in total. The van der Waals surface area contributed by atoms with Gasteiger partial charge in [-0.3, -0.25) is 4.79 Å². The van der Waals surface area contributed by atoms with Gasteiger partial charge in [0, 0.05) is 24.3 Å². The topological polar surface area (TPSA) is 132 Å². The highest BCUT2D eigenvalue weighted by Crippen LogP contribution is 2.31. The van der Waals surface area contributed by atoms with Crippen LogP contribution in [0.4, 0.5) is 10.5 Å². The van der Waals surface area contributed by atoms with Gasteiger partial charge in [0.2, 0.25) is 10.0 Å². The molecule has 3 rings (SSSR count). The van der Waals surface area contributed by atoms with Crippen molar-refractivity contribution in [3.63, 3.8) is 0 Å². The highest BCUT2D eigenvalue weighted by Gasteiger charge is 2.18. The summed E-state index contributed by atoms with van der Waals surface area (Å²) < 4.78 is 43.6. The molecule has 0 fully saturated rings. The molecular formula is C22H27N3O7S. The fourth-order valence-electron chi connectivity index (χ4n) is 2.88. The Hall–Kier alpha value is -3.31. The Labute approximate surface area is 192 Å². The van der Waals surface area contributed by atoms with Gasteiger partial charge in [-0.2, -0.15) is 0 Å². The predicted molar refractivity (Wildman–Crippen MR) is 121 cm³/mol. The molecule has 0 saturated heterocycles. The smallest absolute Gasteiger partial charge is 0.407 e. The number of carbonyl (C=O) groups excluding carboxylic acids is 2. The Bertz CT molecular complexity index is 1130. The monoisotopic (exact) mass is 477 g/mol. The molecule has 11 heteroatoms. The molecular weight excluding hydrogens is 450 g/mol. The van der Waals surface area contributed by atoms with Crippen molar-refractivity contribution >= 4 is 27.7 Å². The van der Waals surface area contributed by atoms with Crippen LogP contribution < -0.4 is 24.8 Å². The Morgan fingerprint density at radius 3 is 2.45 bits per heavy atom. The molecule has 1 heterocycles. The maximum Gasteiger partial charge on any atom is 0.407 e. The predicted octanol–water partition coefficient (Wildman–Crippen LogP) is 2.51. The highest BCUT2D eigenvalue weighted by molar-refractivity contribution is 7.89. The summed E-state index contributed by atoms with van der Waals surface area (Å²) >= 11 is 0. The van der Waals surface area contributed by atoms with Crippen molar-refractivity contribution in [3.8, 4) is 11.5 Å². The lowest BCUT2D eigenvalue weighted by Gasteiger charge is -2.19.